The van der Waals surface area contributed by atoms with Crippen LogP contribution in [0.2, 0.25) is 0 Å². The Hall–Kier alpha value is -4.38. The van der Waals surface area contributed by atoms with Crippen LogP contribution >= 0.6 is 8.53 Å². The zero-order valence-electron chi connectivity index (χ0n) is 31.7. The van der Waals surface area contributed by atoms with Crippen LogP contribution < -0.4 is 20.7 Å². The van der Waals surface area contributed by atoms with E-state index in [4.69, 9.17) is 32.7 Å². The van der Waals surface area contributed by atoms with Gasteiger partial charge in [0.15, 0.2) is 0 Å². The third-order valence-corrected chi connectivity index (χ3v) is 11.4. The highest BCUT2D eigenvalue weighted by molar-refractivity contribution is 7.44. The normalized spacial score (nSPS) is 19.3. The molecule has 1 aromatic heterocycles. The molecule has 1 aliphatic rings. The van der Waals surface area contributed by atoms with Crippen molar-refractivity contribution in [2.45, 2.75) is 76.2 Å². The van der Waals surface area contributed by atoms with E-state index in [1.54, 1.807) is 14.2 Å². The molecule has 0 bridgehead atoms. The van der Waals surface area contributed by atoms with Gasteiger partial charge in [0.2, 0.25) is 0 Å². The molecule has 2 N–H and O–H groups in total. The summed E-state index contributed by atoms with van der Waals surface area (Å²) in [4.78, 5) is 30.1. The average molecular weight is 761 g/mol. The van der Waals surface area contributed by atoms with Crippen molar-refractivity contribution >= 4 is 8.53 Å². The van der Waals surface area contributed by atoms with E-state index in [1.165, 1.54) is 13.3 Å². The molecule has 1 aliphatic heterocycles. The topological polar surface area (TPSA) is 157 Å². The molecular formula is C40H49N4O9P. The quantitative estimate of drug-likeness (QED) is 0.0676. The maximum Gasteiger partial charge on any atom is 0.325 e. The predicted octanol–water partition coefficient (Wildman–Crippen LogP) is 6.21. The largest absolute Gasteiger partial charge is 0.497 e. The fraction of sp³-hybridized carbons (Fsp3) is 0.425. The van der Waals surface area contributed by atoms with E-state index in [2.05, 4.69) is 20.7 Å². The number of benzene rings is 3. The van der Waals surface area contributed by atoms with E-state index in [1.807, 2.05) is 107 Å². The third kappa shape index (κ3) is 8.94. The Morgan fingerprint density at radius 1 is 0.852 bits per heavy atom. The van der Waals surface area contributed by atoms with E-state index in [-0.39, 0.29) is 37.3 Å². The second-order valence-corrected chi connectivity index (χ2v) is 14.7. The molecule has 13 nitrogen and oxygen atoms in total. The van der Waals surface area contributed by atoms with E-state index in [0.717, 1.165) is 16.7 Å². The molecular weight excluding hydrogens is 711 g/mol. The molecule has 0 radical (unpaired) electrons. The molecule has 2 heterocycles. The number of nitrogens with zero attached hydrogens (tertiary/aromatic N) is 2. The smallest absolute Gasteiger partial charge is 0.325 e. The van der Waals surface area contributed by atoms with E-state index < -0.39 is 49.8 Å². The summed E-state index contributed by atoms with van der Waals surface area (Å²) in [7, 11) is 2.98. The third-order valence-electron chi connectivity index (χ3n) is 9.25. The predicted molar refractivity (Wildman–Crippen MR) is 204 cm³/mol. The van der Waals surface area contributed by atoms with Crippen LogP contribution in [0.25, 0.3) is 0 Å². The van der Waals surface area contributed by atoms with Gasteiger partial charge < -0.3 is 37.7 Å². The lowest BCUT2D eigenvalue weighted by Crippen LogP contribution is -2.42. The first kappa shape index (κ1) is 40.8. The van der Waals surface area contributed by atoms with Crippen LogP contribution in [-0.2, 0) is 28.9 Å². The van der Waals surface area contributed by atoms with Gasteiger partial charge in [0.05, 0.1) is 45.5 Å². The highest BCUT2D eigenvalue weighted by Crippen LogP contribution is 2.51. The van der Waals surface area contributed by atoms with Crippen molar-refractivity contribution in [3.05, 3.63) is 128 Å². The second-order valence-electron chi connectivity index (χ2n) is 13.3. The summed E-state index contributed by atoms with van der Waals surface area (Å²) in [6.07, 6.45) is -1.93. The molecule has 14 heteroatoms. The van der Waals surface area contributed by atoms with E-state index in [0.29, 0.717) is 11.5 Å². The molecule has 0 amide bonds. The van der Waals surface area contributed by atoms with Crippen molar-refractivity contribution in [3.63, 3.8) is 0 Å². The Bertz CT molecular complexity index is 1870. The number of nitriles is 1. The van der Waals surface area contributed by atoms with Gasteiger partial charge >= 0.3 is 5.69 Å². The number of hydrogen-bond donors (Lipinski definition) is 2. The summed E-state index contributed by atoms with van der Waals surface area (Å²) >= 11 is 0. The number of ether oxygens (including phenoxy) is 5. The van der Waals surface area contributed by atoms with Gasteiger partial charge in [-0.3, -0.25) is 9.78 Å². The molecule has 0 aliphatic carbocycles. The summed E-state index contributed by atoms with van der Waals surface area (Å²) in [6, 6.07) is 27.4. The minimum Gasteiger partial charge on any atom is -0.497 e. The molecule has 288 valence electrons. The molecule has 0 saturated carbocycles. The summed E-state index contributed by atoms with van der Waals surface area (Å²) in [5, 5.41) is 9.33. The molecule has 3 aromatic carbocycles. The highest BCUT2D eigenvalue weighted by atomic mass is 31.2. The first-order valence-corrected chi connectivity index (χ1v) is 18.9. The fourth-order valence-electron chi connectivity index (χ4n) is 6.81. The summed E-state index contributed by atoms with van der Waals surface area (Å²) in [6.45, 7) is 8.30. The van der Waals surface area contributed by atoms with Crippen molar-refractivity contribution in [2.24, 2.45) is 0 Å². The number of hydrogen-bond acceptors (Lipinski definition) is 11. The number of rotatable bonds is 18. The first-order valence-electron chi connectivity index (χ1n) is 17.8. The highest BCUT2D eigenvalue weighted by Gasteiger charge is 2.51. The Labute approximate surface area is 317 Å². The van der Waals surface area contributed by atoms with Crippen LogP contribution in [0.3, 0.4) is 0 Å². The SMILES string of the molecule is COc1ccc(C(OC[C@H]2O[C@@H](c3c[nH]c(=O)[nH]c3=O)[C@H](OC)[C@@H]2OP(OCCC#N)N(C(C)C)C(C)C)(c2ccccc2)c2ccc(OC)cc2)cc1. The van der Waals surface area contributed by atoms with Crippen molar-refractivity contribution in [1.82, 2.24) is 14.6 Å². The minimum atomic E-state index is -1.77. The van der Waals surface area contributed by atoms with E-state index in [9.17, 15) is 14.9 Å². The van der Waals surface area contributed by atoms with Crippen LogP contribution in [0.15, 0.2) is 94.6 Å². The summed E-state index contributed by atoms with van der Waals surface area (Å²) in [5.41, 5.74) is 0.213. The van der Waals surface area contributed by atoms with Crippen molar-refractivity contribution < 1.29 is 32.7 Å². The van der Waals surface area contributed by atoms with Crippen LogP contribution in [0, 0.1) is 11.3 Å². The maximum absolute atomic E-state index is 13.2. The Morgan fingerprint density at radius 3 is 1.93 bits per heavy atom. The Balaban J connectivity index is 1.64. The lowest BCUT2D eigenvalue weighted by molar-refractivity contribution is -0.0808. The maximum atomic E-state index is 13.2. The van der Waals surface area contributed by atoms with Crippen molar-refractivity contribution in [2.75, 3.05) is 34.5 Å². The van der Waals surface area contributed by atoms with E-state index >= 15 is 0 Å². The van der Waals surface area contributed by atoms with Crippen molar-refractivity contribution in [1.29, 1.82) is 5.26 Å². The number of nitrogens with one attached hydrogen (secondary N) is 2. The minimum absolute atomic E-state index is 0.0185. The number of methoxy groups -OCH3 is 3. The first-order chi connectivity index (χ1) is 26.1. The van der Waals surface area contributed by atoms with Crippen LogP contribution in [0.1, 0.15) is 62.5 Å². The van der Waals surface area contributed by atoms with Gasteiger partial charge in [-0.2, -0.15) is 5.26 Å². The Kier molecular flexibility index (Phi) is 14.2. The monoisotopic (exact) mass is 760 g/mol. The molecule has 1 unspecified atom stereocenters. The standard InChI is InChI=1S/C40H49N4O9P/c1-26(2)44(27(3)4)54(51-23-11-22-41)53-36-34(52-35(37(36)49-7)33-24-42-39(46)43-38(33)45)25-50-40(28-12-9-8-10-13-28,29-14-18-31(47-5)19-15-29)30-16-20-32(48-6)21-17-30/h8-10,12-21,24,26-27,34-37H,11,23,25H2,1-7H3,(H2,42,43,45,46)/t34-,35+,36-,37+,54?/m1/s1. The van der Waals surface area contributed by atoms with Gasteiger partial charge in [-0.15, -0.1) is 0 Å². The van der Waals surface area contributed by atoms with Gasteiger partial charge in [0, 0.05) is 25.4 Å². The second kappa shape index (κ2) is 18.8. The van der Waals surface area contributed by atoms with Crippen LogP contribution in [0.5, 0.6) is 11.5 Å². The molecule has 4 aromatic rings. The summed E-state index contributed by atoms with van der Waals surface area (Å²) < 4.78 is 46.4. The van der Waals surface area contributed by atoms with Crippen molar-refractivity contribution in [3.8, 4) is 17.6 Å². The molecule has 5 rings (SSSR count). The zero-order chi connectivity index (χ0) is 38.8. The number of aromatic amines is 2. The lowest BCUT2D eigenvalue weighted by atomic mass is 9.80. The molecule has 1 fully saturated rings. The van der Waals surface area contributed by atoms with Gasteiger partial charge in [-0.05, 0) is 68.7 Å². The molecule has 54 heavy (non-hydrogen) atoms. The van der Waals surface area contributed by atoms with Gasteiger partial charge in [-0.25, -0.2) is 9.46 Å². The van der Waals surface area contributed by atoms with Gasteiger partial charge in [-0.1, -0.05) is 54.6 Å². The molecule has 0 spiro atoms. The van der Waals surface area contributed by atoms with Crippen LogP contribution in [0.4, 0.5) is 0 Å². The lowest BCUT2D eigenvalue weighted by Gasteiger charge is -2.39. The Morgan fingerprint density at radius 2 is 1.43 bits per heavy atom. The van der Waals surface area contributed by atoms with Gasteiger partial charge in [0.25, 0.3) is 14.1 Å². The van der Waals surface area contributed by atoms with Crippen LogP contribution in [-0.4, -0.2) is 79.6 Å². The number of H-pyrrole nitrogens is 2. The molecule has 5 atom stereocenters. The fourth-order valence-corrected chi connectivity index (χ4v) is 8.58. The average Bonchev–Trinajstić information content (AvgIpc) is 3.51. The number of aromatic nitrogens is 2. The summed E-state index contributed by atoms with van der Waals surface area (Å²) in [5.74, 6) is 1.37. The van der Waals surface area contributed by atoms with Gasteiger partial charge in [0.1, 0.15) is 41.5 Å². The zero-order valence-corrected chi connectivity index (χ0v) is 32.6. The molecule has 1 saturated heterocycles.